The van der Waals surface area contributed by atoms with E-state index >= 15 is 0 Å². The molecule has 4 bridgehead atoms. The van der Waals surface area contributed by atoms with Crippen LogP contribution in [0.2, 0.25) is 0 Å². The van der Waals surface area contributed by atoms with Gasteiger partial charge in [0.25, 0.3) is 0 Å². The maximum Gasteiger partial charge on any atom is 0.0715 e. The molecule has 0 spiro atoms. The van der Waals surface area contributed by atoms with E-state index in [0.29, 0.717) is 0 Å². The van der Waals surface area contributed by atoms with Gasteiger partial charge in [-0.05, 0) is 149 Å². The lowest BCUT2D eigenvalue weighted by Crippen LogP contribution is -2.67. The molecule has 12 rings (SSSR count). The van der Waals surface area contributed by atoms with Crippen LogP contribution in [-0.4, -0.2) is 23.9 Å². The van der Waals surface area contributed by atoms with Crippen LogP contribution in [0.1, 0.15) is 102 Å². The molecule has 8 heteroatoms. The Morgan fingerprint density at radius 1 is 0.229 bits per heavy atom. The Balaban J connectivity index is 1.06. The highest BCUT2D eigenvalue weighted by Gasteiger charge is 2.69. The van der Waals surface area contributed by atoms with Gasteiger partial charge in [0.2, 0.25) is 0 Å². The van der Waals surface area contributed by atoms with E-state index in [2.05, 4.69) is 97.1 Å². The summed E-state index contributed by atoms with van der Waals surface area (Å²) in [6.45, 7) is 0. The minimum absolute atomic E-state index is 0.125. The molecular weight excluding hydrogens is 873 g/mol. The lowest BCUT2D eigenvalue weighted by molar-refractivity contribution is -0.256. The van der Waals surface area contributed by atoms with E-state index < -0.39 is 23.9 Å². The van der Waals surface area contributed by atoms with Crippen molar-refractivity contribution in [1.82, 2.24) is 0 Å². The third-order valence-corrected chi connectivity index (χ3v) is 15.9. The Labute approximate surface area is 405 Å². The van der Waals surface area contributed by atoms with Gasteiger partial charge in [-0.3, -0.25) is 0 Å². The SMILES string of the molecule is O=C([O-])c1ccc(-c2ccc(C34CC5(c6ccc(-c7ccc(C(=O)[O-])cc7)cc6)CC(c6ccc(-c7ccc(C(=O)[O-])cc7)cc6)(C3)CC(c3ccc(-c6ccc(C(=O)[O-])cc6)cc3)(C4)C5)cc2)cc1. The van der Waals surface area contributed by atoms with Crippen LogP contribution in [-0.2, 0) is 21.7 Å². The number of hydrogen-bond acceptors (Lipinski definition) is 8. The summed E-state index contributed by atoms with van der Waals surface area (Å²) in [4.78, 5) is 46.2. The molecule has 70 heavy (non-hydrogen) atoms. The molecule has 0 saturated heterocycles. The van der Waals surface area contributed by atoms with Crippen molar-refractivity contribution in [2.75, 3.05) is 0 Å². The van der Waals surface area contributed by atoms with E-state index in [1.165, 1.54) is 22.3 Å². The molecule has 8 aromatic rings. The Morgan fingerprint density at radius 3 is 0.486 bits per heavy atom. The Kier molecular flexibility index (Phi) is 10.5. The Bertz CT molecular complexity index is 2830. The zero-order valence-corrected chi connectivity index (χ0v) is 38.0. The van der Waals surface area contributed by atoms with Gasteiger partial charge in [-0.1, -0.05) is 194 Å². The van der Waals surface area contributed by atoms with Crippen LogP contribution < -0.4 is 20.4 Å². The van der Waals surface area contributed by atoms with Crippen LogP contribution in [0.15, 0.2) is 194 Å². The number of carboxylic acid groups (broad SMARTS) is 4. The minimum atomic E-state index is -1.22. The van der Waals surface area contributed by atoms with Crippen molar-refractivity contribution in [2.45, 2.75) is 60.2 Å². The first-order valence-corrected chi connectivity index (χ1v) is 23.4. The summed E-state index contributed by atoms with van der Waals surface area (Å²) in [7, 11) is 0. The van der Waals surface area contributed by atoms with Gasteiger partial charge < -0.3 is 39.6 Å². The first-order chi connectivity index (χ1) is 33.7. The van der Waals surface area contributed by atoms with Crippen LogP contribution in [0.25, 0.3) is 44.5 Å². The molecule has 4 saturated carbocycles. The van der Waals surface area contributed by atoms with Gasteiger partial charge in [0.15, 0.2) is 0 Å². The second kappa shape index (κ2) is 16.7. The van der Waals surface area contributed by atoms with Crippen molar-refractivity contribution >= 4 is 23.9 Å². The number of carboxylic acids is 4. The third-order valence-electron chi connectivity index (χ3n) is 15.9. The lowest BCUT2D eigenvalue weighted by atomic mass is 9.32. The van der Waals surface area contributed by atoms with Crippen LogP contribution >= 0.6 is 0 Å². The summed E-state index contributed by atoms with van der Waals surface area (Å²) in [6.07, 6.45) is 5.47. The van der Waals surface area contributed by atoms with Gasteiger partial charge in [0.1, 0.15) is 0 Å². The second-order valence-corrected chi connectivity index (χ2v) is 20.0. The summed E-state index contributed by atoms with van der Waals surface area (Å²) in [6, 6.07) is 62.4. The summed E-state index contributed by atoms with van der Waals surface area (Å²) < 4.78 is 0. The van der Waals surface area contributed by atoms with Crippen LogP contribution in [0.4, 0.5) is 0 Å². The zero-order chi connectivity index (χ0) is 48.4. The molecule has 0 aromatic heterocycles. The molecule has 0 atom stereocenters. The second-order valence-electron chi connectivity index (χ2n) is 20.0. The molecule has 4 aliphatic carbocycles. The standard InChI is InChI=1S/C62H48O8/c63-55(64)47-9-1-39(2-10-47)43-17-25-51(26-18-43)59-33-60(52-27-19-44(20-28-52)40-3-11-48(12-4-40)56(65)66)36-61(34-59,53-29-21-45(22-30-53)41-5-13-49(14-6-41)57(67)68)38-62(35-59,37-60)54-31-23-46(24-32-54)42-7-15-50(16-8-42)58(69)70/h1-32H,33-38H2,(H,63,64)(H,65,66)(H,67,68)(H,69,70)/p-4. The average Bonchev–Trinajstić information content (AvgIpc) is 3.38. The molecular formula is C62H44O8-4. The first-order valence-electron chi connectivity index (χ1n) is 23.4. The third kappa shape index (κ3) is 7.66. The van der Waals surface area contributed by atoms with Gasteiger partial charge in [-0.2, -0.15) is 0 Å². The lowest BCUT2D eigenvalue weighted by Gasteiger charge is -2.71. The van der Waals surface area contributed by atoms with Gasteiger partial charge >= 0.3 is 0 Å². The fraction of sp³-hybridized carbons (Fsp3) is 0.161. The van der Waals surface area contributed by atoms with Crippen molar-refractivity contribution in [3.05, 3.63) is 239 Å². The topological polar surface area (TPSA) is 161 Å². The molecule has 0 aliphatic heterocycles. The van der Waals surface area contributed by atoms with Crippen LogP contribution in [0.3, 0.4) is 0 Å². The number of hydrogen-bond donors (Lipinski definition) is 0. The van der Waals surface area contributed by atoms with E-state index in [0.717, 1.165) is 83.0 Å². The van der Waals surface area contributed by atoms with E-state index in [4.69, 9.17) is 0 Å². The highest BCUT2D eigenvalue weighted by Crippen LogP contribution is 2.75. The quantitative estimate of drug-likeness (QED) is 0.119. The smallest absolute Gasteiger partial charge is 0.0715 e. The highest BCUT2D eigenvalue weighted by molar-refractivity contribution is 5.88. The summed E-state index contributed by atoms with van der Waals surface area (Å²) >= 11 is 0. The van der Waals surface area contributed by atoms with Crippen LogP contribution in [0, 0.1) is 0 Å². The van der Waals surface area contributed by atoms with E-state index in [1.807, 2.05) is 48.5 Å². The molecule has 0 N–H and O–H groups in total. The van der Waals surface area contributed by atoms with E-state index in [-0.39, 0.29) is 43.9 Å². The van der Waals surface area contributed by atoms with Crippen molar-refractivity contribution in [2.24, 2.45) is 0 Å². The maximum atomic E-state index is 11.6. The zero-order valence-electron chi connectivity index (χ0n) is 38.0. The number of aromatic carboxylic acids is 4. The van der Waals surface area contributed by atoms with Gasteiger partial charge in [0, 0.05) is 0 Å². The summed E-state index contributed by atoms with van der Waals surface area (Å²) in [5.74, 6) is -4.87. The Hall–Kier alpha value is -8.36. The maximum absolute atomic E-state index is 11.6. The first kappa shape index (κ1) is 44.2. The van der Waals surface area contributed by atoms with Crippen molar-refractivity contribution in [3.63, 3.8) is 0 Å². The van der Waals surface area contributed by atoms with Crippen molar-refractivity contribution in [1.29, 1.82) is 0 Å². The highest BCUT2D eigenvalue weighted by atomic mass is 16.4. The number of carbonyl (C=O) groups is 4. The van der Waals surface area contributed by atoms with Gasteiger partial charge in [-0.25, -0.2) is 0 Å². The monoisotopic (exact) mass is 916 g/mol. The average molecular weight is 917 g/mol. The normalized spacial score (nSPS) is 22.1. The largest absolute Gasteiger partial charge is 0.545 e. The molecule has 0 unspecified atom stereocenters. The fourth-order valence-corrected chi connectivity index (χ4v) is 13.1. The number of rotatable bonds is 12. The molecule has 0 heterocycles. The number of carbonyl (C=O) groups excluding carboxylic acids is 4. The van der Waals surface area contributed by atoms with E-state index in [9.17, 15) is 39.6 Å². The molecule has 0 radical (unpaired) electrons. The molecule has 8 aromatic carbocycles. The molecule has 0 amide bonds. The predicted octanol–water partition coefficient (Wildman–Crippen LogP) is 8.24. The van der Waals surface area contributed by atoms with Crippen molar-refractivity contribution in [3.8, 4) is 44.5 Å². The summed E-state index contributed by atoms with van der Waals surface area (Å²) in [5, 5.41) is 46.2. The number of benzene rings is 8. The van der Waals surface area contributed by atoms with Crippen LogP contribution in [0.5, 0.6) is 0 Å². The minimum Gasteiger partial charge on any atom is -0.545 e. The Morgan fingerprint density at radius 2 is 0.357 bits per heavy atom. The summed E-state index contributed by atoms with van der Waals surface area (Å²) in [5.41, 5.74) is 11.9. The molecule has 8 nitrogen and oxygen atoms in total. The van der Waals surface area contributed by atoms with E-state index in [1.54, 1.807) is 48.5 Å². The molecule has 4 aliphatic rings. The fourth-order valence-electron chi connectivity index (χ4n) is 13.1. The molecule has 4 fully saturated rings. The predicted molar refractivity (Wildman–Crippen MR) is 259 cm³/mol. The van der Waals surface area contributed by atoms with Crippen molar-refractivity contribution < 1.29 is 39.6 Å². The van der Waals surface area contributed by atoms with Gasteiger partial charge in [0.05, 0.1) is 23.9 Å². The van der Waals surface area contributed by atoms with Gasteiger partial charge in [-0.15, -0.1) is 0 Å². The molecule has 344 valence electrons.